The molecular formula is C8H5ClF2N4. The van der Waals surface area contributed by atoms with Gasteiger partial charge in [0.15, 0.2) is 5.82 Å². The van der Waals surface area contributed by atoms with Gasteiger partial charge in [-0.25, -0.2) is 8.78 Å². The van der Waals surface area contributed by atoms with Crippen LogP contribution in [0.4, 0.5) is 8.78 Å². The lowest BCUT2D eigenvalue weighted by molar-refractivity contribution is 0.582. The van der Waals surface area contributed by atoms with Crippen molar-refractivity contribution in [2.24, 2.45) is 0 Å². The zero-order valence-electron chi connectivity index (χ0n) is 7.36. The molecule has 15 heavy (non-hydrogen) atoms. The normalized spacial score (nSPS) is 10.6. The van der Waals surface area contributed by atoms with Crippen LogP contribution in [0.15, 0.2) is 18.2 Å². The van der Waals surface area contributed by atoms with Crippen molar-refractivity contribution < 1.29 is 8.78 Å². The molecule has 0 spiro atoms. The van der Waals surface area contributed by atoms with Crippen molar-refractivity contribution in [3.8, 4) is 5.69 Å². The monoisotopic (exact) mass is 230 g/mol. The van der Waals surface area contributed by atoms with Gasteiger partial charge in [-0.05, 0) is 22.6 Å². The maximum Gasteiger partial charge on any atom is 0.171 e. The average Bonchev–Trinajstić information content (AvgIpc) is 2.69. The highest BCUT2D eigenvalue weighted by Gasteiger charge is 2.12. The van der Waals surface area contributed by atoms with Gasteiger partial charge in [0, 0.05) is 6.07 Å². The molecule has 78 valence electrons. The molecule has 0 aliphatic carbocycles. The highest BCUT2D eigenvalue weighted by atomic mass is 35.5. The molecule has 0 amide bonds. The molecule has 7 heteroatoms. The van der Waals surface area contributed by atoms with Gasteiger partial charge in [-0.3, -0.25) is 0 Å². The van der Waals surface area contributed by atoms with Crippen LogP contribution in [0, 0.1) is 11.6 Å². The van der Waals surface area contributed by atoms with Gasteiger partial charge in [0.2, 0.25) is 0 Å². The van der Waals surface area contributed by atoms with Gasteiger partial charge in [0.05, 0.1) is 5.88 Å². The molecule has 1 heterocycles. The van der Waals surface area contributed by atoms with Crippen LogP contribution in [0.25, 0.3) is 5.69 Å². The predicted octanol–water partition coefficient (Wildman–Crippen LogP) is 1.68. The van der Waals surface area contributed by atoms with E-state index in [0.717, 1.165) is 22.9 Å². The number of halogens is 3. The number of alkyl halides is 1. The summed E-state index contributed by atoms with van der Waals surface area (Å²) in [6.07, 6.45) is 0. The Morgan fingerprint density at radius 1 is 1.33 bits per heavy atom. The summed E-state index contributed by atoms with van der Waals surface area (Å²) in [5.74, 6) is -0.915. The molecule has 0 unspecified atom stereocenters. The molecule has 0 saturated heterocycles. The van der Waals surface area contributed by atoms with E-state index < -0.39 is 11.6 Å². The molecule has 1 aromatic carbocycles. The summed E-state index contributed by atoms with van der Waals surface area (Å²) >= 11 is 5.54. The Balaban J connectivity index is 2.58. The molecule has 1 aromatic heterocycles. The van der Waals surface area contributed by atoms with Crippen molar-refractivity contribution >= 4 is 11.6 Å². The number of tetrazole rings is 1. The van der Waals surface area contributed by atoms with E-state index >= 15 is 0 Å². The molecule has 0 N–H and O–H groups in total. The fourth-order valence-corrected chi connectivity index (χ4v) is 1.29. The molecular weight excluding hydrogens is 226 g/mol. The molecule has 2 aromatic rings. The molecule has 2 rings (SSSR count). The second-order valence-electron chi connectivity index (χ2n) is 2.74. The molecule has 0 atom stereocenters. The third-order valence-corrected chi connectivity index (χ3v) is 2.03. The first-order valence-corrected chi connectivity index (χ1v) is 4.54. The maximum absolute atomic E-state index is 13.3. The minimum Gasteiger partial charge on any atom is -0.207 e. The van der Waals surface area contributed by atoms with Crippen LogP contribution in [0.3, 0.4) is 0 Å². The number of hydrogen-bond acceptors (Lipinski definition) is 3. The Kier molecular flexibility index (Phi) is 2.59. The Hall–Kier alpha value is -1.56. The zero-order chi connectivity index (χ0) is 10.8. The van der Waals surface area contributed by atoms with Crippen molar-refractivity contribution in [1.82, 2.24) is 20.2 Å². The third-order valence-electron chi connectivity index (χ3n) is 1.79. The van der Waals surface area contributed by atoms with Crippen LogP contribution in [0.5, 0.6) is 0 Å². The van der Waals surface area contributed by atoms with Gasteiger partial charge < -0.3 is 0 Å². The van der Waals surface area contributed by atoms with Crippen molar-refractivity contribution in [3.05, 3.63) is 35.7 Å². The predicted molar refractivity (Wildman–Crippen MR) is 48.6 cm³/mol. The van der Waals surface area contributed by atoms with Gasteiger partial charge in [-0.2, -0.15) is 4.68 Å². The highest BCUT2D eigenvalue weighted by Crippen LogP contribution is 2.15. The third kappa shape index (κ3) is 1.80. The molecule has 0 saturated carbocycles. The van der Waals surface area contributed by atoms with Crippen LogP contribution in [0.1, 0.15) is 5.82 Å². The lowest BCUT2D eigenvalue weighted by Gasteiger charge is -2.03. The fraction of sp³-hybridized carbons (Fsp3) is 0.125. The summed E-state index contributed by atoms with van der Waals surface area (Å²) in [7, 11) is 0. The van der Waals surface area contributed by atoms with Crippen molar-refractivity contribution in [1.29, 1.82) is 0 Å². The quantitative estimate of drug-likeness (QED) is 0.738. The smallest absolute Gasteiger partial charge is 0.171 e. The van der Waals surface area contributed by atoms with E-state index in [2.05, 4.69) is 15.5 Å². The fourth-order valence-electron chi connectivity index (χ4n) is 1.12. The lowest BCUT2D eigenvalue weighted by Crippen LogP contribution is -2.04. The van der Waals surface area contributed by atoms with Crippen molar-refractivity contribution in [2.75, 3.05) is 0 Å². The summed E-state index contributed by atoms with van der Waals surface area (Å²) in [5.41, 5.74) is -0.0596. The van der Waals surface area contributed by atoms with E-state index in [4.69, 9.17) is 11.6 Å². The summed E-state index contributed by atoms with van der Waals surface area (Å²) in [4.78, 5) is 0. The summed E-state index contributed by atoms with van der Waals surface area (Å²) in [6, 6.07) is 3.02. The van der Waals surface area contributed by atoms with Crippen molar-refractivity contribution in [2.45, 2.75) is 5.88 Å². The Morgan fingerprint density at radius 3 is 2.87 bits per heavy atom. The van der Waals surface area contributed by atoms with Crippen LogP contribution in [-0.2, 0) is 5.88 Å². The van der Waals surface area contributed by atoms with Gasteiger partial charge >= 0.3 is 0 Å². The number of nitrogens with zero attached hydrogens (tertiary/aromatic N) is 4. The van der Waals surface area contributed by atoms with E-state index in [1.54, 1.807) is 0 Å². The topological polar surface area (TPSA) is 43.6 Å². The molecule has 0 aliphatic heterocycles. The Morgan fingerprint density at radius 2 is 2.13 bits per heavy atom. The van der Waals surface area contributed by atoms with Crippen LogP contribution in [-0.4, -0.2) is 20.2 Å². The van der Waals surface area contributed by atoms with E-state index in [-0.39, 0.29) is 17.4 Å². The first kappa shape index (κ1) is 9.97. The highest BCUT2D eigenvalue weighted by molar-refractivity contribution is 6.16. The van der Waals surface area contributed by atoms with E-state index in [9.17, 15) is 8.78 Å². The van der Waals surface area contributed by atoms with Crippen molar-refractivity contribution in [3.63, 3.8) is 0 Å². The van der Waals surface area contributed by atoms with Crippen LogP contribution >= 0.6 is 11.6 Å². The second-order valence-corrected chi connectivity index (χ2v) is 3.00. The van der Waals surface area contributed by atoms with E-state index in [1.165, 1.54) is 0 Å². The van der Waals surface area contributed by atoms with Gasteiger partial charge in [-0.1, -0.05) is 0 Å². The molecule has 0 radical (unpaired) electrons. The van der Waals surface area contributed by atoms with Gasteiger partial charge in [-0.15, -0.1) is 16.7 Å². The van der Waals surface area contributed by atoms with E-state index in [0.29, 0.717) is 0 Å². The SMILES string of the molecule is Fc1ccc(F)c(-n2nnnc2CCl)c1. The Labute approximate surface area is 88.5 Å². The minimum atomic E-state index is -0.616. The van der Waals surface area contributed by atoms with Gasteiger partial charge in [0.1, 0.15) is 17.3 Å². The largest absolute Gasteiger partial charge is 0.207 e. The summed E-state index contributed by atoms with van der Waals surface area (Å²) < 4.78 is 27.3. The molecule has 0 bridgehead atoms. The average molecular weight is 231 g/mol. The number of rotatable bonds is 2. The number of benzene rings is 1. The molecule has 0 fully saturated rings. The second kappa shape index (κ2) is 3.90. The molecule has 0 aliphatic rings. The summed E-state index contributed by atoms with van der Waals surface area (Å²) in [6.45, 7) is 0. The van der Waals surface area contributed by atoms with Gasteiger partial charge in [0.25, 0.3) is 0 Å². The minimum absolute atomic E-state index is 0.0168. The lowest BCUT2D eigenvalue weighted by atomic mass is 10.3. The summed E-state index contributed by atoms with van der Waals surface area (Å²) in [5, 5.41) is 10.4. The van der Waals surface area contributed by atoms with Crippen LogP contribution in [0.2, 0.25) is 0 Å². The maximum atomic E-state index is 13.3. The molecule has 4 nitrogen and oxygen atoms in total. The number of hydrogen-bond donors (Lipinski definition) is 0. The Bertz CT molecular complexity index is 485. The van der Waals surface area contributed by atoms with E-state index in [1.807, 2.05) is 0 Å². The first-order chi connectivity index (χ1) is 7.22. The number of aromatic nitrogens is 4. The van der Waals surface area contributed by atoms with Crippen LogP contribution < -0.4 is 0 Å². The first-order valence-electron chi connectivity index (χ1n) is 4.01. The zero-order valence-corrected chi connectivity index (χ0v) is 8.12. The standard InChI is InChI=1S/C8H5ClF2N4/c9-4-8-12-13-14-15(8)7-3-5(10)1-2-6(7)11/h1-3H,4H2.